The smallest absolute Gasteiger partial charge is 0.457 e. The zero-order chi connectivity index (χ0) is 21.4. The molecular formula is C17H20ClF5O4. The lowest BCUT2D eigenvalue weighted by atomic mass is 9.62. The van der Waals surface area contributed by atoms with Crippen molar-refractivity contribution in [3.05, 3.63) is 28.8 Å². The fourth-order valence-electron chi connectivity index (χ4n) is 3.46. The Morgan fingerprint density at radius 1 is 1.22 bits per heavy atom. The van der Waals surface area contributed by atoms with Crippen molar-refractivity contribution in [2.24, 2.45) is 5.92 Å². The number of benzene rings is 1. The molecule has 0 aliphatic heterocycles. The number of halogens is 6. The second-order valence-electron chi connectivity index (χ2n) is 6.65. The maximum Gasteiger partial charge on any atom is 0.457 e. The summed E-state index contributed by atoms with van der Waals surface area (Å²) in [5.41, 5.74) is -6.02. The van der Waals surface area contributed by atoms with Gasteiger partial charge in [0.05, 0.1) is 12.1 Å². The molecule has 1 aromatic carbocycles. The highest BCUT2D eigenvalue weighted by Crippen LogP contribution is 2.54. The van der Waals surface area contributed by atoms with Gasteiger partial charge in [-0.05, 0) is 17.9 Å². The molecule has 27 heavy (non-hydrogen) atoms. The Bertz CT molecular complexity index is 705. The number of alkyl halides is 5. The molecule has 0 aromatic heterocycles. The molecule has 1 aromatic rings. The van der Waals surface area contributed by atoms with Crippen LogP contribution >= 0.6 is 11.6 Å². The number of carboxylic acids is 1. The molecule has 0 aliphatic rings. The maximum absolute atomic E-state index is 14.2. The molecule has 2 unspecified atom stereocenters. The zero-order valence-electron chi connectivity index (χ0n) is 15.0. The molecule has 0 radical (unpaired) electrons. The fraction of sp³-hybridized carbons (Fsp3) is 0.588. The molecule has 0 bridgehead atoms. The van der Waals surface area contributed by atoms with Crippen LogP contribution in [0.3, 0.4) is 0 Å². The van der Waals surface area contributed by atoms with Gasteiger partial charge in [-0.1, -0.05) is 44.5 Å². The van der Waals surface area contributed by atoms with E-state index in [1.165, 1.54) is 46.1 Å². The molecule has 0 amide bonds. The highest BCUT2D eigenvalue weighted by Gasteiger charge is 2.77. The van der Waals surface area contributed by atoms with Crippen LogP contribution in [-0.4, -0.2) is 41.0 Å². The summed E-state index contributed by atoms with van der Waals surface area (Å²) in [4.78, 5) is 11.5. The number of hydrogen-bond donors (Lipinski definition) is 2. The monoisotopic (exact) mass is 418 g/mol. The van der Waals surface area contributed by atoms with Crippen molar-refractivity contribution >= 4 is 17.6 Å². The lowest BCUT2D eigenvalue weighted by Gasteiger charge is -2.46. The molecule has 0 heterocycles. The summed E-state index contributed by atoms with van der Waals surface area (Å²) in [6.45, 7) is 3.70. The van der Waals surface area contributed by atoms with Gasteiger partial charge in [0.1, 0.15) is 5.75 Å². The van der Waals surface area contributed by atoms with Gasteiger partial charge in [0.15, 0.2) is 0 Å². The number of aliphatic hydroxyl groups is 1. The summed E-state index contributed by atoms with van der Waals surface area (Å²) in [5, 5.41) is 19.6. The third-order valence-corrected chi connectivity index (χ3v) is 5.11. The van der Waals surface area contributed by atoms with Crippen LogP contribution in [0.4, 0.5) is 22.0 Å². The first-order chi connectivity index (χ1) is 12.1. The van der Waals surface area contributed by atoms with Crippen LogP contribution in [0.1, 0.15) is 32.8 Å². The predicted molar refractivity (Wildman–Crippen MR) is 88.4 cm³/mol. The number of rotatable bonds is 7. The minimum Gasteiger partial charge on any atom is -0.495 e. The summed E-state index contributed by atoms with van der Waals surface area (Å²) in [5.74, 6) is -10.6. The molecule has 2 atom stereocenters. The van der Waals surface area contributed by atoms with Crippen molar-refractivity contribution in [3.63, 3.8) is 0 Å². The quantitative estimate of drug-likeness (QED) is 0.632. The molecule has 0 saturated carbocycles. The number of ether oxygens (including phenoxy) is 1. The lowest BCUT2D eigenvalue weighted by molar-refractivity contribution is -0.349. The van der Waals surface area contributed by atoms with E-state index in [-0.39, 0.29) is 16.3 Å². The summed E-state index contributed by atoms with van der Waals surface area (Å²) in [6, 6.07) is 4.19. The van der Waals surface area contributed by atoms with Gasteiger partial charge in [0.25, 0.3) is 0 Å². The van der Waals surface area contributed by atoms with Crippen molar-refractivity contribution < 1.29 is 41.7 Å². The Labute approximate surface area is 157 Å². The first kappa shape index (κ1) is 23.4. The van der Waals surface area contributed by atoms with Crippen LogP contribution in [0.2, 0.25) is 5.02 Å². The Hall–Kier alpha value is -1.61. The van der Waals surface area contributed by atoms with Gasteiger partial charge in [-0.3, -0.25) is 0 Å². The van der Waals surface area contributed by atoms with Crippen LogP contribution < -0.4 is 4.74 Å². The lowest BCUT2D eigenvalue weighted by Crippen LogP contribution is -2.68. The Morgan fingerprint density at radius 3 is 2.11 bits per heavy atom. The minimum atomic E-state index is -6.28. The number of carboxylic acid groups (broad SMARTS) is 1. The second-order valence-corrected chi connectivity index (χ2v) is 7.05. The number of para-hydroxylation sites is 1. The largest absolute Gasteiger partial charge is 0.495 e. The summed E-state index contributed by atoms with van der Waals surface area (Å²) >= 11 is 5.99. The third-order valence-electron chi connectivity index (χ3n) is 4.81. The number of hydrogen-bond acceptors (Lipinski definition) is 3. The van der Waals surface area contributed by atoms with E-state index < -0.39 is 41.4 Å². The molecule has 10 heteroatoms. The van der Waals surface area contributed by atoms with Crippen LogP contribution in [0, 0.1) is 5.92 Å². The molecule has 4 nitrogen and oxygen atoms in total. The van der Waals surface area contributed by atoms with Gasteiger partial charge < -0.3 is 14.9 Å². The van der Waals surface area contributed by atoms with E-state index in [1.807, 2.05) is 0 Å². The van der Waals surface area contributed by atoms with Crippen molar-refractivity contribution in [1.82, 2.24) is 0 Å². The normalized spacial score (nSPS) is 16.6. The van der Waals surface area contributed by atoms with Crippen LogP contribution in [0.25, 0.3) is 0 Å². The van der Waals surface area contributed by atoms with Crippen molar-refractivity contribution in [1.29, 1.82) is 0 Å². The topological polar surface area (TPSA) is 66.8 Å². The van der Waals surface area contributed by atoms with Crippen molar-refractivity contribution in [2.45, 2.75) is 50.3 Å². The Kier molecular flexibility index (Phi) is 6.44. The van der Waals surface area contributed by atoms with E-state index in [0.717, 1.165) is 0 Å². The van der Waals surface area contributed by atoms with Gasteiger partial charge in [0.2, 0.25) is 5.60 Å². The van der Waals surface area contributed by atoms with E-state index in [0.29, 0.717) is 0 Å². The second kappa shape index (κ2) is 7.43. The Balaban J connectivity index is 3.77. The summed E-state index contributed by atoms with van der Waals surface area (Å²) in [6.07, 6.45) is -6.78. The first-order valence-electron chi connectivity index (χ1n) is 7.83. The SMILES string of the molecule is CCC(C(C)(C)c1cccc(Cl)c1OC)C(O)(C(=O)O)C(F)(F)C(F)(F)F. The van der Waals surface area contributed by atoms with Gasteiger partial charge in [-0.15, -0.1) is 0 Å². The highest BCUT2D eigenvalue weighted by atomic mass is 35.5. The summed E-state index contributed by atoms with van der Waals surface area (Å²) in [7, 11) is 1.22. The molecular weight excluding hydrogens is 399 g/mol. The first-order valence-corrected chi connectivity index (χ1v) is 8.21. The number of methoxy groups -OCH3 is 1. The molecule has 0 fully saturated rings. The van der Waals surface area contributed by atoms with Gasteiger partial charge in [-0.25, -0.2) is 4.79 Å². The van der Waals surface area contributed by atoms with Crippen LogP contribution in [-0.2, 0) is 10.2 Å². The van der Waals surface area contributed by atoms with Gasteiger partial charge in [0, 0.05) is 11.5 Å². The van der Waals surface area contributed by atoms with E-state index in [9.17, 15) is 37.0 Å². The van der Waals surface area contributed by atoms with Gasteiger partial charge in [-0.2, -0.15) is 22.0 Å². The molecule has 0 aliphatic carbocycles. The zero-order valence-corrected chi connectivity index (χ0v) is 15.8. The highest BCUT2D eigenvalue weighted by molar-refractivity contribution is 6.32. The molecule has 154 valence electrons. The third kappa shape index (κ3) is 3.59. The standard InChI is InChI=1S/C17H20ClF5O4/c1-5-11(15(26,13(24)25)16(19,20)17(21,22)23)14(2,3)9-7-6-8-10(18)12(9)27-4/h6-8,11,26H,5H2,1-4H3,(H,24,25). The number of aliphatic carboxylic acids is 1. The minimum absolute atomic E-state index is 0.00863. The van der Waals surface area contributed by atoms with Crippen molar-refractivity contribution in [2.75, 3.05) is 7.11 Å². The molecule has 1 rings (SSSR count). The molecule has 0 spiro atoms. The van der Waals surface area contributed by atoms with Crippen LogP contribution in [0.5, 0.6) is 5.75 Å². The van der Waals surface area contributed by atoms with E-state index in [4.69, 9.17) is 16.3 Å². The molecule has 0 saturated heterocycles. The van der Waals surface area contributed by atoms with E-state index >= 15 is 0 Å². The summed E-state index contributed by atoms with van der Waals surface area (Å²) < 4.78 is 72.3. The van der Waals surface area contributed by atoms with E-state index in [2.05, 4.69) is 0 Å². The Morgan fingerprint density at radius 2 is 1.74 bits per heavy atom. The molecule has 2 N–H and O–H groups in total. The fourth-order valence-corrected chi connectivity index (χ4v) is 3.71. The maximum atomic E-state index is 14.2. The average molecular weight is 419 g/mol. The number of carbonyl (C=O) groups is 1. The van der Waals surface area contributed by atoms with Crippen molar-refractivity contribution in [3.8, 4) is 5.75 Å². The van der Waals surface area contributed by atoms with Crippen LogP contribution in [0.15, 0.2) is 18.2 Å². The van der Waals surface area contributed by atoms with Gasteiger partial charge >= 0.3 is 18.1 Å². The average Bonchev–Trinajstić information content (AvgIpc) is 2.53. The predicted octanol–water partition coefficient (Wildman–Crippen LogP) is 4.67. The van der Waals surface area contributed by atoms with E-state index in [1.54, 1.807) is 0 Å².